The number of rotatable bonds is 7. The van der Waals surface area contributed by atoms with Crippen molar-refractivity contribution in [1.29, 1.82) is 5.26 Å². The van der Waals surface area contributed by atoms with Crippen molar-refractivity contribution in [2.75, 3.05) is 11.9 Å². The van der Waals surface area contributed by atoms with Crippen LogP contribution in [0.25, 0.3) is 0 Å². The Morgan fingerprint density at radius 2 is 1.74 bits per heavy atom. The molecule has 1 saturated carbocycles. The molecule has 5 nitrogen and oxygen atoms in total. The summed E-state index contributed by atoms with van der Waals surface area (Å²) in [5.41, 5.74) is 1.24. The minimum atomic E-state index is -1.31. The summed E-state index contributed by atoms with van der Waals surface area (Å²) in [6, 6.07) is 11.5. The average Bonchev–Trinajstić information content (AvgIpc) is 3.28. The highest BCUT2D eigenvalue weighted by molar-refractivity contribution is 6.53. The van der Waals surface area contributed by atoms with E-state index in [4.69, 9.17) is 63.3 Å². The van der Waals surface area contributed by atoms with Crippen LogP contribution in [-0.2, 0) is 4.79 Å². The van der Waals surface area contributed by atoms with Crippen LogP contribution in [0.4, 0.5) is 5.69 Å². The Morgan fingerprint density at radius 1 is 1.06 bits per heavy atom. The Kier molecular flexibility index (Phi) is 7.62. The summed E-state index contributed by atoms with van der Waals surface area (Å²) in [5, 5.41) is 15.1. The Morgan fingerprint density at radius 3 is 2.39 bits per heavy atom. The van der Waals surface area contributed by atoms with Crippen LogP contribution in [0.2, 0.25) is 15.1 Å². The number of nitrogens with one attached hydrogen (secondary N) is 2. The molecule has 0 bridgehead atoms. The first kappa shape index (κ1) is 24.0. The second-order valence-electron chi connectivity index (χ2n) is 7.03. The number of alkyl halides is 2. The van der Waals surface area contributed by atoms with E-state index in [1.54, 1.807) is 24.3 Å². The fourth-order valence-corrected chi connectivity index (χ4v) is 4.86. The third kappa shape index (κ3) is 5.58. The topological polar surface area (TPSA) is 82.0 Å². The number of nitrogens with zero attached hydrogens (tertiary/aromatic N) is 1. The van der Waals surface area contributed by atoms with Crippen LogP contribution in [-0.4, -0.2) is 22.7 Å². The number of amides is 2. The number of anilines is 1. The number of unbranched alkanes of at least 4 members (excludes halogenated alkanes) is 1. The smallest absolute Gasteiger partial charge is 0.252 e. The molecule has 2 aromatic rings. The fourth-order valence-electron chi connectivity index (χ4n) is 3.28. The highest BCUT2D eigenvalue weighted by Crippen LogP contribution is 2.65. The second kappa shape index (κ2) is 9.85. The summed E-state index contributed by atoms with van der Waals surface area (Å²) in [4.78, 5) is 25.2. The molecule has 0 heterocycles. The molecule has 162 valence electrons. The van der Waals surface area contributed by atoms with E-state index in [9.17, 15) is 9.59 Å². The van der Waals surface area contributed by atoms with Gasteiger partial charge in [0.15, 0.2) is 0 Å². The molecule has 0 spiro atoms. The summed E-state index contributed by atoms with van der Waals surface area (Å²) >= 11 is 31.0. The summed E-state index contributed by atoms with van der Waals surface area (Å²) in [6.45, 7) is 0.340. The summed E-state index contributed by atoms with van der Waals surface area (Å²) < 4.78 is -1.31. The first-order valence-electron chi connectivity index (χ1n) is 9.24. The lowest BCUT2D eigenvalue weighted by molar-refractivity contribution is -0.117. The van der Waals surface area contributed by atoms with Crippen molar-refractivity contribution >= 4 is 75.5 Å². The van der Waals surface area contributed by atoms with Gasteiger partial charge in [0.1, 0.15) is 4.33 Å². The first-order valence-corrected chi connectivity index (χ1v) is 11.1. The molecule has 3 rings (SSSR count). The lowest BCUT2D eigenvalue weighted by Crippen LogP contribution is -2.25. The van der Waals surface area contributed by atoms with Gasteiger partial charge in [0.05, 0.1) is 22.6 Å². The van der Waals surface area contributed by atoms with Crippen molar-refractivity contribution in [1.82, 2.24) is 5.32 Å². The van der Waals surface area contributed by atoms with Gasteiger partial charge in [-0.2, -0.15) is 5.26 Å². The van der Waals surface area contributed by atoms with Crippen LogP contribution >= 0.6 is 58.0 Å². The third-order valence-electron chi connectivity index (χ3n) is 4.81. The monoisotopic (exact) mass is 517 g/mol. The van der Waals surface area contributed by atoms with Crippen LogP contribution in [0.15, 0.2) is 36.4 Å². The molecule has 0 radical (unpaired) electrons. The lowest BCUT2D eigenvalue weighted by Gasteiger charge is -2.10. The van der Waals surface area contributed by atoms with Gasteiger partial charge in [0, 0.05) is 34.6 Å². The van der Waals surface area contributed by atoms with Gasteiger partial charge < -0.3 is 10.6 Å². The maximum atomic E-state index is 12.8. The number of carbonyl (C=O) groups excluding carboxylic acids is 2. The Hall–Kier alpha value is -1.68. The highest BCUT2D eigenvalue weighted by atomic mass is 35.5. The van der Waals surface area contributed by atoms with Crippen molar-refractivity contribution in [2.45, 2.75) is 23.1 Å². The lowest BCUT2D eigenvalue weighted by atomic mass is 10.1. The molecule has 2 aromatic carbocycles. The van der Waals surface area contributed by atoms with Crippen molar-refractivity contribution in [3.8, 4) is 6.07 Å². The molecule has 1 aliphatic carbocycles. The van der Waals surface area contributed by atoms with Crippen LogP contribution in [0, 0.1) is 17.2 Å². The van der Waals surface area contributed by atoms with Gasteiger partial charge in [-0.05, 0) is 48.4 Å². The van der Waals surface area contributed by atoms with E-state index in [-0.39, 0.29) is 10.6 Å². The minimum absolute atomic E-state index is 0.202. The van der Waals surface area contributed by atoms with E-state index >= 15 is 0 Å². The van der Waals surface area contributed by atoms with E-state index in [1.807, 2.05) is 6.07 Å². The molecular formula is C21H16Cl5N3O2. The van der Waals surface area contributed by atoms with Crippen molar-refractivity contribution in [3.05, 3.63) is 62.6 Å². The van der Waals surface area contributed by atoms with Crippen molar-refractivity contribution in [3.63, 3.8) is 0 Å². The second-order valence-corrected chi connectivity index (χ2v) is 9.76. The van der Waals surface area contributed by atoms with Gasteiger partial charge in [0.2, 0.25) is 5.91 Å². The maximum Gasteiger partial charge on any atom is 0.252 e. The quantitative estimate of drug-likeness (QED) is 0.337. The van der Waals surface area contributed by atoms with Gasteiger partial charge in [-0.1, -0.05) is 34.8 Å². The highest BCUT2D eigenvalue weighted by Gasteiger charge is 2.67. The number of halogens is 5. The Labute approximate surface area is 204 Å². The minimum Gasteiger partial charge on any atom is -0.352 e. The average molecular weight is 520 g/mol. The van der Waals surface area contributed by atoms with E-state index < -0.39 is 28.0 Å². The van der Waals surface area contributed by atoms with Gasteiger partial charge in [-0.25, -0.2) is 0 Å². The predicted octanol–water partition coefficient (Wildman–Crippen LogP) is 6.21. The van der Waals surface area contributed by atoms with Gasteiger partial charge in [0.25, 0.3) is 5.91 Å². The van der Waals surface area contributed by atoms with Gasteiger partial charge >= 0.3 is 0 Å². The Bertz CT molecular complexity index is 1050. The SMILES string of the molecule is N#CCCCNC(=O)c1cc(NC(=O)[C@@H]2[C@@H](c3cc(Cl)cc(Cl)c3)C2(Cl)Cl)ccc1Cl. The fraction of sp³-hybridized carbons (Fsp3) is 0.286. The molecule has 2 amide bonds. The molecular weight excluding hydrogens is 504 g/mol. The van der Waals surface area contributed by atoms with Crippen molar-refractivity contribution < 1.29 is 9.59 Å². The van der Waals surface area contributed by atoms with Gasteiger partial charge in [-0.3, -0.25) is 9.59 Å². The summed E-state index contributed by atoms with van der Waals surface area (Å²) in [7, 11) is 0. The zero-order valence-corrected chi connectivity index (χ0v) is 19.7. The standard InChI is InChI=1S/C21H16Cl5N3O2/c22-12-7-11(8-13(23)9-12)17-18(21(17,25)26)20(31)29-14-3-4-16(24)15(10-14)19(30)28-6-2-1-5-27/h3-4,7-10,17-18H,1-2,6H2,(H,28,30)(H,29,31)/t17-,18+/m1/s1. The number of hydrogen-bond acceptors (Lipinski definition) is 3. The zero-order chi connectivity index (χ0) is 22.8. The number of benzene rings is 2. The molecule has 10 heteroatoms. The van der Waals surface area contributed by atoms with Crippen LogP contribution in [0.3, 0.4) is 0 Å². The van der Waals surface area contributed by atoms with Crippen LogP contribution < -0.4 is 10.6 Å². The van der Waals surface area contributed by atoms with Crippen LogP contribution in [0.1, 0.15) is 34.7 Å². The van der Waals surface area contributed by atoms with E-state index in [1.165, 1.54) is 12.1 Å². The molecule has 2 N–H and O–H groups in total. The molecule has 31 heavy (non-hydrogen) atoms. The normalized spacial score (nSPS) is 18.7. The molecule has 1 fully saturated rings. The molecule has 2 atom stereocenters. The number of nitriles is 1. The maximum absolute atomic E-state index is 12.8. The summed E-state index contributed by atoms with van der Waals surface area (Å²) in [5.74, 6) is -2.03. The van der Waals surface area contributed by atoms with Crippen molar-refractivity contribution in [2.24, 2.45) is 5.92 Å². The van der Waals surface area contributed by atoms with E-state index in [2.05, 4.69) is 10.6 Å². The third-order valence-corrected chi connectivity index (χ3v) is 6.52. The predicted molar refractivity (Wildman–Crippen MR) is 124 cm³/mol. The molecule has 1 aliphatic rings. The number of carbonyl (C=O) groups is 2. The zero-order valence-electron chi connectivity index (χ0n) is 15.9. The van der Waals surface area contributed by atoms with E-state index in [0.717, 1.165) is 0 Å². The van der Waals surface area contributed by atoms with Crippen LogP contribution in [0.5, 0.6) is 0 Å². The molecule has 0 aliphatic heterocycles. The number of hydrogen-bond donors (Lipinski definition) is 2. The van der Waals surface area contributed by atoms with E-state index in [0.29, 0.717) is 40.7 Å². The van der Waals surface area contributed by atoms with Gasteiger partial charge in [-0.15, -0.1) is 23.2 Å². The Balaban J connectivity index is 1.72. The molecule has 0 unspecified atom stereocenters. The largest absolute Gasteiger partial charge is 0.352 e. The molecule has 0 saturated heterocycles. The molecule has 0 aromatic heterocycles. The first-order chi connectivity index (χ1) is 14.6. The summed E-state index contributed by atoms with van der Waals surface area (Å²) in [6.07, 6.45) is 0.865.